The molecule has 0 heterocycles. The van der Waals surface area contributed by atoms with Gasteiger partial charge in [0.05, 0.1) is 0 Å². The molecule has 0 fully saturated rings. The van der Waals surface area contributed by atoms with Gasteiger partial charge in [-0.1, -0.05) is 0 Å². The van der Waals surface area contributed by atoms with Gasteiger partial charge in [-0.05, 0) is 55.0 Å². The first-order valence-corrected chi connectivity index (χ1v) is 5.02. The molecule has 0 aliphatic rings. The summed E-state index contributed by atoms with van der Waals surface area (Å²) < 4.78 is 0. The van der Waals surface area contributed by atoms with Gasteiger partial charge in [-0.2, -0.15) is 0 Å². The number of aromatic hydroxyl groups is 3. The fourth-order valence-electron chi connectivity index (χ4n) is 1.11. The minimum Gasteiger partial charge on any atom is -0.508 e. The second-order valence-electron chi connectivity index (χ2n) is 3.56. The average molecular weight is 233 g/mol. The third kappa shape index (κ3) is 4.34. The Bertz CT molecular complexity index is 460. The highest BCUT2D eigenvalue weighted by atomic mass is 16.3. The third-order valence-electron chi connectivity index (χ3n) is 2.10. The first kappa shape index (κ1) is 12.7. The van der Waals surface area contributed by atoms with E-state index in [1.807, 2.05) is 6.92 Å². The molecule has 5 N–H and O–H groups in total. The Morgan fingerprint density at radius 1 is 0.765 bits per heavy atom. The Kier molecular flexibility index (Phi) is 4.22. The van der Waals surface area contributed by atoms with Crippen LogP contribution in [0.15, 0.2) is 42.5 Å². The maximum Gasteiger partial charge on any atom is 0.115 e. The molecular formula is C13H15NO3. The standard InChI is InChI=1S/C7H9NO.C6H6O2/c1-5-4-6(9)2-3-7(5)8;7-5-1-2-6(8)4-3-5/h2-4,9H,8H2,1H3;1-4,7-8H. The molecule has 0 aliphatic heterocycles. The van der Waals surface area contributed by atoms with Gasteiger partial charge in [-0.15, -0.1) is 0 Å². The average Bonchev–Trinajstić information content (AvgIpc) is 2.29. The largest absolute Gasteiger partial charge is 0.508 e. The maximum absolute atomic E-state index is 8.88. The Morgan fingerprint density at radius 3 is 1.53 bits per heavy atom. The summed E-state index contributed by atoms with van der Waals surface area (Å²) in [4.78, 5) is 0. The minimum absolute atomic E-state index is 0.169. The lowest BCUT2D eigenvalue weighted by atomic mass is 10.2. The molecule has 0 saturated heterocycles. The molecule has 17 heavy (non-hydrogen) atoms. The number of rotatable bonds is 0. The fourth-order valence-corrected chi connectivity index (χ4v) is 1.11. The van der Waals surface area contributed by atoms with Crippen molar-refractivity contribution in [1.29, 1.82) is 0 Å². The second kappa shape index (κ2) is 5.65. The van der Waals surface area contributed by atoms with E-state index in [2.05, 4.69) is 0 Å². The molecule has 0 radical (unpaired) electrons. The van der Waals surface area contributed by atoms with Crippen molar-refractivity contribution in [2.24, 2.45) is 0 Å². The number of anilines is 1. The molecule has 2 aromatic rings. The van der Waals surface area contributed by atoms with Crippen LogP contribution in [0.25, 0.3) is 0 Å². The monoisotopic (exact) mass is 233 g/mol. The number of nitrogen functional groups attached to an aromatic ring is 1. The van der Waals surface area contributed by atoms with E-state index in [0.29, 0.717) is 5.69 Å². The lowest BCUT2D eigenvalue weighted by Gasteiger charge is -1.97. The summed E-state index contributed by atoms with van der Waals surface area (Å²) in [5.74, 6) is 0.604. The second-order valence-corrected chi connectivity index (χ2v) is 3.56. The van der Waals surface area contributed by atoms with Crippen LogP contribution in [-0.2, 0) is 0 Å². The highest BCUT2D eigenvalue weighted by molar-refractivity contribution is 5.49. The maximum atomic E-state index is 8.88. The van der Waals surface area contributed by atoms with Gasteiger partial charge in [0.2, 0.25) is 0 Å². The molecule has 4 heteroatoms. The van der Waals surface area contributed by atoms with Crippen LogP contribution in [0, 0.1) is 6.92 Å². The van der Waals surface area contributed by atoms with Crippen LogP contribution in [-0.4, -0.2) is 15.3 Å². The summed E-state index contributed by atoms with van der Waals surface area (Å²) in [5.41, 5.74) is 7.11. The number of benzene rings is 2. The van der Waals surface area contributed by atoms with Gasteiger partial charge in [0.1, 0.15) is 17.2 Å². The van der Waals surface area contributed by atoms with Crippen molar-refractivity contribution in [3.05, 3.63) is 48.0 Å². The highest BCUT2D eigenvalue weighted by Crippen LogP contribution is 2.16. The van der Waals surface area contributed by atoms with Crippen molar-refractivity contribution in [2.45, 2.75) is 6.92 Å². The summed E-state index contributed by atoms with van der Waals surface area (Å²) in [7, 11) is 0. The van der Waals surface area contributed by atoms with Crippen LogP contribution in [0.2, 0.25) is 0 Å². The normalized spacial score (nSPS) is 9.24. The fraction of sp³-hybridized carbons (Fsp3) is 0.0769. The van der Waals surface area contributed by atoms with Crippen molar-refractivity contribution < 1.29 is 15.3 Å². The minimum atomic E-state index is 0.169. The number of nitrogens with two attached hydrogens (primary N) is 1. The Labute approximate surface area is 99.6 Å². The summed E-state index contributed by atoms with van der Waals surface area (Å²) in [5, 5.41) is 26.2. The van der Waals surface area contributed by atoms with Crippen molar-refractivity contribution >= 4 is 5.69 Å². The molecule has 0 spiro atoms. The molecule has 0 bridgehead atoms. The molecule has 0 unspecified atom stereocenters. The van der Waals surface area contributed by atoms with E-state index in [9.17, 15) is 0 Å². The van der Waals surface area contributed by atoms with Gasteiger partial charge < -0.3 is 21.1 Å². The van der Waals surface area contributed by atoms with Gasteiger partial charge in [0, 0.05) is 5.69 Å². The number of phenols is 3. The van der Waals surface area contributed by atoms with Crippen molar-refractivity contribution in [2.75, 3.05) is 5.73 Å². The molecule has 2 aromatic carbocycles. The first-order chi connectivity index (χ1) is 7.99. The molecule has 0 saturated carbocycles. The van der Waals surface area contributed by atoms with Crippen LogP contribution in [0.1, 0.15) is 5.56 Å². The van der Waals surface area contributed by atoms with E-state index in [4.69, 9.17) is 21.1 Å². The molecule has 0 amide bonds. The van der Waals surface area contributed by atoms with Gasteiger partial charge in [-0.3, -0.25) is 0 Å². The van der Waals surface area contributed by atoms with Gasteiger partial charge in [0.15, 0.2) is 0 Å². The van der Waals surface area contributed by atoms with E-state index < -0.39 is 0 Å². The zero-order chi connectivity index (χ0) is 12.8. The van der Waals surface area contributed by atoms with Crippen LogP contribution in [0.4, 0.5) is 5.69 Å². The van der Waals surface area contributed by atoms with E-state index in [-0.39, 0.29) is 17.2 Å². The molecular weight excluding hydrogens is 218 g/mol. The zero-order valence-electron chi connectivity index (χ0n) is 9.46. The van der Waals surface area contributed by atoms with E-state index in [1.165, 1.54) is 24.3 Å². The van der Waals surface area contributed by atoms with Crippen LogP contribution < -0.4 is 5.73 Å². The summed E-state index contributed by atoms with van der Waals surface area (Å²) in [6.07, 6.45) is 0. The highest BCUT2D eigenvalue weighted by Gasteiger charge is 1.91. The molecule has 2 rings (SSSR count). The summed E-state index contributed by atoms with van der Waals surface area (Å²) >= 11 is 0. The first-order valence-electron chi connectivity index (χ1n) is 5.02. The van der Waals surface area contributed by atoms with Gasteiger partial charge >= 0.3 is 0 Å². The van der Waals surface area contributed by atoms with Crippen molar-refractivity contribution in [3.63, 3.8) is 0 Å². The molecule has 0 aromatic heterocycles. The smallest absolute Gasteiger partial charge is 0.115 e. The van der Waals surface area contributed by atoms with Crippen LogP contribution in [0.3, 0.4) is 0 Å². The Balaban J connectivity index is 0.000000171. The number of hydrogen-bond donors (Lipinski definition) is 4. The van der Waals surface area contributed by atoms with Gasteiger partial charge in [0.25, 0.3) is 0 Å². The Hall–Kier alpha value is -2.36. The van der Waals surface area contributed by atoms with E-state index in [0.717, 1.165) is 5.56 Å². The van der Waals surface area contributed by atoms with Crippen molar-refractivity contribution in [1.82, 2.24) is 0 Å². The Morgan fingerprint density at radius 2 is 1.18 bits per heavy atom. The summed E-state index contributed by atoms with van der Waals surface area (Å²) in [6, 6.07) is 10.6. The predicted molar refractivity (Wildman–Crippen MR) is 67.0 cm³/mol. The molecule has 90 valence electrons. The quantitative estimate of drug-likeness (QED) is 0.415. The van der Waals surface area contributed by atoms with Crippen LogP contribution in [0.5, 0.6) is 17.2 Å². The molecule has 0 atom stereocenters. The lowest BCUT2D eigenvalue weighted by molar-refractivity contribution is 0.460. The predicted octanol–water partition coefficient (Wildman–Crippen LogP) is 2.38. The zero-order valence-corrected chi connectivity index (χ0v) is 9.46. The topological polar surface area (TPSA) is 86.7 Å². The van der Waals surface area contributed by atoms with Gasteiger partial charge in [-0.25, -0.2) is 0 Å². The van der Waals surface area contributed by atoms with E-state index >= 15 is 0 Å². The lowest BCUT2D eigenvalue weighted by Crippen LogP contribution is -1.86. The van der Waals surface area contributed by atoms with Crippen molar-refractivity contribution in [3.8, 4) is 17.2 Å². The number of hydrogen-bond acceptors (Lipinski definition) is 4. The van der Waals surface area contributed by atoms with E-state index in [1.54, 1.807) is 18.2 Å². The van der Waals surface area contributed by atoms with Crippen LogP contribution >= 0.6 is 0 Å². The molecule has 0 aliphatic carbocycles. The third-order valence-corrected chi connectivity index (χ3v) is 2.10. The number of phenolic OH excluding ortho intramolecular Hbond substituents is 3. The summed E-state index contributed by atoms with van der Waals surface area (Å²) in [6.45, 7) is 1.86. The number of aryl methyl sites for hydroxylation is 1. The molecule has 4 nitrogen and oxygen atoms in total. The SMILES string of the molecule is Cc1cc(O)ccc1N.Oc1ccc(O)cc1.